The SMILES string of the molecule is O=c1n(CC(F)(F)C(F)F)nc2ccccn12. The predicted molar refractivity (Wildman–Crippen MR) is 50.4 cm³/mol. The van der Waals surface area contributed by atoms with Gasteiger partial charge in [-0.3, -0.25) is 4.40 Å². The molecule has 0 saturated carbocycles. The molecule has 0 aliphatic rings. The fourth-order valence-electron chi connectivity index (χ4n) is 1.34. The van der Waals surface area contributed by atoms with E-state index in [2.05, 4.69) is 5.10 Å². The molecule has 8 heteroatoms. The lowest BCUT2D eigenvalue weighted by atomic mass is 10.3. The predicted octanol–water partition coefficient (Wildman–Crippen LogP) is 1.40. The molecule has 17 heavy (non-hydrogen) atoms. The molecule has 0 saturated heterocycles. The van der Waals surface area contributed by atoms with Crippen LogP contribution in [-0.4, -0.2) is 26.5 Å². The Balaban J connectivity index is 2.44. The van der Waals surface area contributed by atoms with Crippen LogP contribution >= 0.6 is 0 Å². The first-order valence-electron chi connectivity index (χ1n) is 4.62. The summed E-state index contributed by atoms with van der Waals surface area (Å²) in [5.41, 5.74) is -0.747. The Morgan fingerprint density at radius 2 is 2.06 bits per heavy atom. The molecule has 0 spiro atoms. The van der Waals surface area contributed by atoms with Crippen molar-refractivity contribution in [1.29, 1.82) is 0 Å². The zero-order chi connectivity index (χ0) is 12.6. The van der Waals surface area contributed by atoms with Crippen molar-refractivity contribution in [2.24, 2.45) is 0 Å². The maximum Gasteiger partial charge on any atom is 0.350 e. The molecule has 0 aliphatic heterocycles. The zero-order valence-corrected chi connectivity index (χ0v) is 8.36. The fourth-order valence-corrected chi connectivity index (χ4v) is 1.34. The summed E-state index contributed by atoms with van der Waals surface area (Å²) in [6.45, 7) is -1.44. The van der Waals surface area contributed by atoms with Crippen LogP contribution in [0.5, 0.6) is 0 Å². The van der Waals surface area contributed by atoms with Crippen molar-refractivity contribution in [3.05, 3.63) is 34.9 Å². The third-order valence-corrected chi connectivity index (χ3v) is 2.17. The second kappa shape index (κ2) is 3.86. The molecule has 0 unspecified atom stereocenters. The fraction of sp³-hybridized carbons (Fsp3) is 0.333. The summed E-state index contributed by atoms with van der Waals surface area (Å²) in [4.78, 5) is 11.5. The molecule has 0 bridgehead atoms. The number of nitrogens with zero attached hydrogens (tertiary/aromatic N) is 3. The van der Waals surface area contributed by atoms with Gasteiger partial charge in [-0.05, 0) is 12.1 Å². The van der Waals surface area contributed by atoms with E-state index >= 15 is 0 Å². The van der Waals surface area contributed by atoms with Crippen molar-refractivity contribution < 1.29 is 17.6 Å². The molecule has 2 heterocycles. The van der Waals surface area contributed by atoms with E-state index in [4.69, 9.17) is 0 Å². The highest BCUT2D eigenvalue weighted by atomic mass is 19.3. The van der Waals surface area contributed by atoms with Gasteiger partial charge in [0.2, 0.25) is 0 Å². The maximum atomic E-state index is 12.8. The van der Waals surface area contributed by atoms with E-state index < -0.39 is 24.6 Å². The number of halogens is 4. The first-order valence-corrected chi connectivity index (χ1v) is 4.62. The lowest BCUT2D eigenvalue weighted by Crippen LogP contribution is -2.36. The molecule has 0 amide bonds. The first-order chi connectivity index (χ1) is 7.92. The van der Waals surface area contributed by atoms with Crippen molar-refractivity contribution in [3.63, 3.8) is 0 Å². The van der Waals surface area contributed by atoms with Crippen LogP contribution in [0.15, 0.2) is 29.2 Å². The maximum absolute atomic E-state index is 12.8. The van der Waals surface area contributed by atoms with E-state index in [1.165, 1.54) is 18.3 Å². The third-order valence-electron chi connectivity index (χ3n) is 2.17. The third kappa shape index (κ3) is 2.02. The number of hydrogen-bond donors (Lipinski definition) is 0. The Bertz CT molecular complexity index is 589. The molecule has 2 aromatic rings. The minimum Gasteiger partial charge on any atom is -0.250 e. The van der Waals surface area contributed by atoms with Crippen molar-refractivity contribution >= 4 is 5.65 Å². The zero-order valence-electron chi connectivity index (χ0n) is 8.36. The minimum atomic E-state index is -4.28. The van der Waals surface area contributed by atoms with Gasteiger partial charge in [-0.25, -0.2) is 18.3 Å². The standard InChI is InChI=1S/C9H7F4N3O/c10-7(11)9(12,13)5-16-8(17)15-4-2-1-3-6(15)14-16/h1-4,7H,5H2. The quantitative estimate of drug-likeness (QED) is 0.771. The number of aromatic nitrogens is 3. The topological polar surface area (TPSA) is 39.3 Å². The number of hydrogen-bond acceptors (Lipinski definition) is 2. The summed E-state index contributed by atoms with van der Waals surface area (Å²) in [6.07, 6.45) is -2.51. The van der Waals surface area contributed by atoms with Crippen molar-refractivity contribution in [3.8, 4) is 0 Å². The van der Waals surface area contributed by atoms with Crippen molar-refractivity contribution in [2.45, 2.75) is 18.9 Å². The van der Waals surface area contributed by atoms with E-state index in [0.717, 1.165) is 4.40 Å². The molecule has 0 aromatic carbocycles. The molecule has 0 atom stereocenters. The van der Waals surface area contributed by atoms with E-state index in [1.54, 1.807) is 6.07 Å². The smallest absolute Gasteiger partial charge is 0.250 e. The van der Waals surface area contributed by atoms with E-state index in [1.807, 2.05) is 0 Å². The summed E-state index contributed by atoms with van der Waals surface area (Å²) in [7, 11) is 0. The van der Waals surface area contributed by atoms with Gasteiger partial charge in [-0.2, -0.15) is 8.78 Å². The lowest BCUT2D eigenvalue weighted by Gasteiger charge is -2.13. The van der Waals surface area contributed by atoms with Gasteiger partial charge in [-0.15, -0.1) is 5.10 Å². The first kappa shape index (κ1) is 11.6. The van der Waals surface area contributed by atoms with Crippen LogP contribution in [0, 0.1) is 0 Å². The Kier molecular flexibility index (Phi) is 2.64. The van der Waals surface area contributed by atoms with Crippen LogP contribution in [0.1, 0.15) is 0 Å². The van der Waals surface area contributed by atoms with Crippen molar-refractivity contribution in [2.75, 3.05) is 0 Å². The van der Waals surface area contributed by atoms with Gasteiger partial charge in [0.25, 0.3) is 0 Å². The molecule has 0 N–H and O–H groups in total. The van der Waals surface area contributed by atoms with Gasteiger partial charge in [0.15, 0.2) is 5.65 Å². The molecular weight excluding hydrogens is 242 g/mol. The number of alkyl halides is 4. The van der Waals surface area contributed by atoms with Crippen LogP contribution in [-0.2, 0) is 6.54 Å². The number of rotatable bonds is 3. The van der Waals surface area contributed by atoms with Gasteiger partial charge in [0, 0.05) is 6.20 Å². The average Bonchev–Trinajstić information content (AvgIpc) is 2.56. The van der Waals surface area contributed by atoms with E-state index in [0.29, 0.717) is 4.68 Å². The van der Waals surface area contributed by atoms with Crippen LogP contribution in [0.4, 0.5) is 17.6 Å². The second-order valence-corrected chi connectivity index (χ2v) is 3.43. The lowest BCUT2D eigenvalue weighted by molar-refractivity contribution is -0.139. The second-order valence-electron chi connectivity index (χ2n) is 3.43. The van der Waals surface area contributed by atoms with Crippen LogP contribution < -0.4 is 5.69 Å². The summed E-state index contributed by atoms with van der Waals surface area (Å²) in [5.74, 6) is -4.28. The Hall–Kier alpha value is -1.86. The Morgan fingerprint density at radius 3 is 2.65 bits per heavy atom. The molecule has 2 rings (SSSR count). The molecule has 92 valence electrons. The normalized spacial score (nSPS) is 12.5. The number of fused-ring (bicyclic) bond motifs is 1. The highest BCUT2D eigenvalue weighted by molar-refractivity contribution is 5.35. The summed E-state index contributed by atoms with van der Waals surface area (Å²) < 4.78 is 50.9. The molecule has 2 aromatic heterocycles. The number of pyridine rings is 1. The van der Waals surface area contributed by atoms with Gasteiger partial charge >= 0.3 is 18.0 Å². The van der Waals surface area contributed by atoms with Gasteiger partial charge in [-0.1, -0.05) is 6.07 Å². The minimum absolute atomic E-state index is 0.127. The average molecular weight is 249 g/mol. The Labute approximate surface area is 92.1 Å². The van der Waals surface area contributed by atoms with Crippen molar-refractivity contribution in [1.82, 2.24) is 14.2 Å². The van der Waals surface area contributed by atoms with E-state index in [9.17, 15) is 22.4 Å². The van der Waals surface area contributed by atoms with Crippen LogP contribution in [0.2, 0.25) is 0 Å². The van der Waals surface area contributed by atoms with Gasteiger partial charge < -0.3 is 0 Å². The van der Waals surface area contributed by atoms with Crippen LogP contribution in [0.3, 0.4) is 0 Å². The Morgan fingerprint density at radius 1 is 1.35 bits per heavy atom. The highest BCUT2D eigenvalue weighted by Gasteiger charge is 2.42. The van der Waals surface area contributed by atoms with Gasteiger partial charge in [0.1, 0.15) is 6.54 Å². The molecular formula is C9H7F4N3O. The summed E-state index contributed by atoms with van der Waals surface area (Å²) in [6, 6.07) is 4.47. The summed E-state index contributed by atoms with van der Waals surface area (Å²) >= 11 is 0. The van der Waals surface area contributed by atoms with Gasteiger partial charge in [0.05, 0.1) is 0 Å². The molecule has 4 nitrogen and oxygen atoms in total. The van der Waals surface area contributed by atoms with E-state index in [-0.39, 0.29) is 5.65 Å². The molecule has 0 fully saturated rings. The molecule has 0 radical (unpaired) electrons. The monoisotopic (exact) mass is 249 g/mol. The highest BCUT2D eigenvalue weighted by Crippen LogP contribution is 2.23. The largest absolute Gasteiger partial charge is 0.350 e. The molecule has 0 aliphatic carbocycles. The summed E-state index contributed by atoms with van der Waals surface area (Å²) in [5, 5.41) is 3.53. The van der Waals surface area contributed by atoms with Crippen LogP contribution in [0.25, 0.3) is 5.65 Å².